The van der Waals surface area contributed by atoms with E-state index in [4.69, 9.17) is 20.9 Å². The summed E-state index contributed by atoms with van der Waals surface area (Å²) in [5, 5.41) is 3.88. The van der Waals surface area contributed by atoms with Gasteiger partial charge in [0, 0.05) is 13.5 Å². The number of halogens is 2. The summed E-state index contributed by atoms with van der Waals surface area (Å²) in [5.74, 6) is 0.421. The van der Waals surface area contributed by atoms with Gasteiger partial charge < -0.3 is 14.2 Å². The average molecular weight is 342 g/mol. The van der Waals surface area contributed by atoms with Crippen LogP contribution in [0.15, 0.2) is 22.7 Å². The Morgan fingerprint density at radius 3 is 2.87 bits per heavy atom. The smallest absolute Gasteiger partial charge is 0.263 e. The lowest BCUT2D eigenvalue weighted by Crippen LogP contribution is -2.37. The Kier molecular flexibility index (Phi) is 5.54. The summed E-state index contributed by atoms with van der Waals surface area (Å²) in [6, 6.07) is 3.72. The summed E-state index contributed by atoms with van der Waals surface area (Å²) >= 11 is 5.88. The van der Waals surface area contributed by atoms with Crippen molar-refractivity contribution in [1.29, 1.82) is 0 Å². The second kappa shape index (κ2) is 7.41. The van der Waals surface area contributed by atoms with E-state index in [1.807, 2.05) is 6.92 Å². The van der Waals surface area contributed by atoms with Crippen LogP contribution in [-0.2, 0) is 17.8 Å². The first-order valence-electron chi connectivity index (χ1n) is 7.08. The van der Waals surface area contributed by atoms with E-state index in [0.29, 0.717) is 18.1 Å². The molecular weight excluding hydrogens is 325 g/mol. The van der Waals surface area contributed by atoms with E-state index in [0.717, 1.165) is 6.07 Å². The highest BCUT2D eigenvalue weighted by atomic mass is 35.5. The van der Waals surface area contributed by atoms with Gasteiger partial charge in [0.1, 0.15) is 11.6 Å². The second-order valence-corrected chi connectivity index (χ2v) is 5.39. The largest absolute Gasteiger partial charge is 0.479 e. The fourth-order valence-corrected chi connectivity index (χ4v) is 2.11. The number of carbonyl (C=O) groups excluding carboxylic acids is 1. The predicted molar refractivity (Wildman–Crippen MR) is 81.7 cm³/mol. The monoisotopic (exact) mass is 341 g/mol. The number of hydrogen-bond donors (Lipinski definition) is 0. The summed E-state index contributed by atoms with van der Waals surface area (Å²) in [5.41, 5.74) is 0. The minimum absolute atomic E-state index is 0.108. The molecule has 2 rings (SSSR count). The van der Waals surface area contributed by atoms with E-state index in [9.17, 15) is 9.18 Å². The number of benzene rings is 1. The molecule has 0 aliphatic rings. The number of nitrogens with zero attached hydrogens (tertiary/aromatic N) is 3. The Hall–Kier alpha value is -2.15. The Labute approximate surface area is 138 Å². The van der Waals surface area contributed by atoms with Crippen LogP contribution in [0.2, 0.25) is 5.02 Å². The molecule has 6 nitrogen and oxygen atoms in total. The molecule has 1 unspecified atom stereocenters. The highest BCUT2D eigenvalue weighted by Gasteiger charge is 2.22. The Morgan fingerprint density at radius 2 is 2.26 bits per heavy atom. The molecule has 0 spiro atoms. The Morgan fingerprint density at radius 1 is 1.52 bits per heavy atom. The highest BCUT2D eigenvalue weighted by molar-refractivity contribution is 6.32. The molecule has 0 saturated heterocycles. The molecule has 1 amide bonds. The molecule has 0 N–H and O–H groups in total. The van der Waals surface area contributed by atoms with Crippen LogP contribution >= 0.6 is 11.6 Å². The van der Waals surface area contributed by atoms with Crippen molar-refractivity contribution in [2.24, 2.45) is 0 Å². The number of rotatable bonds is 6. The number of aromatic nitrogens is 2. The second-order valence-electron chi connectivity index (χ2n) is 4.99. The lowest BCUT2D eigenvalue weighted by Gasteiger charge is -2.21. The Balaban J connectivity index is 1.97. The minimum Gasteiger partial charge on any atom is -0.479 e. The van der Waals surface area contributed by atoms with Gasteiger partial charge in [-0.3, -0.25) is 4.79 Å². The number of hydrogen-bond acceptors (Lipinski definition) is 5. The molecule has 0 aliphatic heterocycles. The summed E-state index contributed by atoms with van der Waals surface area (Å²) < 4.78 is 23.5. The Bertz CT molecular complexity index is 692. The average Bonchev–Trinajstić information content (AvgIpc) is 2.96. The number of aryl methyl sites for hydroxylation is 1. The third-order valence-electron chi connectivity index (χ3n) is 3.12. The molecule has 2 aromatic rings. The van der Waals surface area contributed by atoms with Gasteiger partial charge in [0.05, 0.1) is 11.6 Å². The van der Waals surface area contributed by atoms with Crippen molar-refractivity contribution in [2.45, 2.75) is 32.9 Å². The number of amides is 1. The number of carbonyl (C=O) groups is 1. The topological polar surface area (TPSA) is 68.5 Å². The molecule has 124 valence electrons. The lowest BCUT2D eigenvalue weighted by atomic mass is 10.3. The summed E-state index contributed by atoms with van der Waals surface area (Å²) in [4.78, 5) is 17.9. The zero-order chi connectivity index (χ0) is 17.0. The van der Waals surface area contributed by atoms with Crippen LogP contribution in [0.1, 0.15) is 25.6 Å². The predicted octanol–water partition coefficient (Wildman–Crippen LogP) is 2.85. The van der Waals surface area contributed by atoms with E-state index < -0.39 is 11.9 Å². The van der Waals surface area contributed by atoms with Crippen molar-refractivity contribution in [3.05, 3.63) is 40.8 Å². The first-order chi connectivity index (χ1) is 10.9. The maximum atomic E-state index is 13.0. The van der Waals surface area contributed by atoms with Gasteiger partial charge in [-0.05, 0) is 25.1 Å². The molecule has 0 saturated carbocycles. The fraction of sp³-hybridized carbons (Fsp3) is 0.400. The first kappa shape index (κ1) is 17.2. The van der Waals surface area contributed by atoms with Gasteiger partial charge in [-0.25, -0.2) is 4.39 Å². The molecule has 1 aromatic carbocycles. The molecule has 0 fully saturated rings. The normalized spacial score (nSPS) is 12.0. The highest BCUT2D eigenvalue weighted by Crippen LogP contribution is 2.26. The van der Waals surface area contributed by atoms with Gasteiger partial charge in [-0.2, -0.15) is 4.98 Å². The molecule has 0 bridgehead atoms. The van der Waals surface area contributed by atoms with Crippen LogP contribution in [0.25, 0.3) is 0 Å². The van der Waals surface area contributed by atoms with E-state index in [1.165, 1.54) is 17.0 Å². The summed E-state index contributed by atoms with van der Waals surface area (Å²) in [7, 11) is 1.60. The van der Waals surface area contributed by atoms with Crippen molar-refractivity contribution >= 4 is 17.5 Å². The van der Waals surface area contributed by atoms with Crippen LogP contribution in [-0.4, -0.2) is 34.1 Å². The van der Waals surface area contributed by atoms with E-state index in [1.54, 1.807) is 14.0 Å². The molecule has 23 heavy (non-hydrogen) atoms. The van der Waals surface area contributed by atoms with Gasteiger partial charge in [0.2, 0.25) is 5.89 Å². The van der Waals surface area contributed by atoms with Crippen LogP contribution < -0.4 is 4.74 Å². The van der Waals surface area contributed by atoms with E-state index >= 15 is 0 Å². The molecule has 1 heterocycles. The maximum absolute atomic E-state index is 13.0. The molecule has 8 heteroatoms. The first-order valence-corrected chi connectivity index (χ1v) is 7.46. The third-order valence-corrected chi connectivity index (χ3v) is 3.42. The SMILES string of the molecule is CCc1noc(CN(C)C(=O)C(C)Oc2ccc(F)cc2Cl)n1. The van der Waals surface area contributed by atoms with Crippen molar-refractivity contribution in [2.75, 3.05) is 7.05 Å². The summed E-state index contributed by atoms with van der Waals surface area (Å²) in [6.07, 6.45) is -0.138. The minimum atomic E-state index is -0.795. The zero-order valence-corrected chi connectivity index (χ0v) is 13.8. The van der Waals surface area contributed by atoms with Crippen LogP contribution in [0.4, 0.5) is 4.39 Å². The fourth-order valence-electron chi connectivity index (χ4n) is 1.90. The molecule has 1 atom stereocenters. The quantitative estimate of drug-likeness (QED) is 0.808. The molecule has 0 aliphatic carbocycles. The van der Waals surface area contributed by atoms with E-state index in [-0.39, 0.29) is 23.2 Å². The zero-order valence-electron chi connectivity index (χ0n) is 13.0. The van der Waals surface area contributed by atoms with E-state index in [2.05, 4.69) is 10.1 Å². The summed E-state index contributed by atoms with van der Waals surface area (Å²) in [6.45, 7) is 3.67. The maximum Gasteiger partial charge on any atom is 0.263 e. The van der Waals surface area contributed by atoms with Gasteiger partial charge in [-0.1, -0.05) is 23.7 Å². The van der Waals surface area contributed by atoms with Crippen LogP contribution in [0.5, 0.6) is 5.75 Å². The number of ether oxygens (including phenoxy) is 1. The van der Waals surface area contributed by atoms with Crippen LogP contribution in [0.3, 0.4) is 0 Å². The van der Waals surface area contributed by atoms with Crippen molar-refractivity contribution in [3.8, 4) is 5.75 Å². The molecule has 1 aromatic heterocycles. The molecule has 0 radical (unpaired) electrons. The van der Waals surface area contributed by atoms with Crippen molar-refractivity contribution in [3.63, 3.8) is 0 Å². The lowest BCUT2D eigenvalue weighted by molar-refractivity contribution is -0.137. The molecular formula is C15H17ClFN3O3. The van der Waals surface area contributed by atoms with Gasteiger partial charge >= 0.3 is 0 Å². The van der Waals surface area contributed by atoms with Gasteiger partial charge in [0.15, 0.2) is 11.9 Å². The van der Waals surface area contributed by atoms with Gasteiger partial charge in [-0.15, -0.1) is 0 Å². The van der Waals surface area contributed by atoms with Crippen molar-refractivity contribution < 1.29 is 18.4 Å². The number of likely N-dealkylation sites (N-methyl/N-ethyl adjacent to an activating group) is 1. The van der Waals surface area contributed by atoms with Gasteiger partial charge in [0.25, 0.3) is 5.91 Å². The van der Waals surface area contributed by atoms with Crippen molar-refractivity contribution in [1.82, 2.24) is 15.0 Å². The third kappa shape index (κ3) is 4.41. The standard InChI is InChI=1S/C15H17ClFN3O3/c1-4-13-18-14(23-19-13)8-20(3)15(21)9(2)22-12-6-5-10(17)7-11(12)16/h5-7,9H,4,8H2,1-3H3. The van der Waals surface area contributed by atoms with Crippen LogP contribution in [0, 0.1) is 5.82 Å².